The average Bonchev–Trinajstić information content (AvgIpc) is 2.64. The van der Waals surface area contributed by atoms with Gasteiger partial charge in [0.05, 0.1) is 10.6 Å². The molecule has 1 aliphatic rings. The minimum Gasteiger partial charge on any atom is -0.290 e. The zero-order chi connectivity index (χ0) is 17.7. The number of benzene rings is 2. The highest BCUT2D eigenvalue weighted by molar-refractivity contribution is 7.90. The number of hydrogen-bond acceptors (Lipinski definition) is 3. The summed E-state index contributed by atoms with van der Waals surface area (Å²) in [5, 5.41) is 0. The molecule has 124 valence electrons. The van der Waals surface area contributed by atoms with Crippen LogP contribution >= 0.6 is 0 Å². The lowest BCUT2D eigenvalue weighted by Gasteiger charge is -2.05. The average molecular weight is 350 g/mol. The van der Waals surface area contributed by atoms with E-state index < -0.39 is 10.0 Å². The molecule has 1 aliphatic carbocycles. The van der Waals surface area contributed by atoms with Crippen LogP contribution in [0.5, 0.6) is 0 Å². The summed E-state index contributed by atoms with van der Waals surface area (Å²) >= 11 is 0. The first-order valence-electron chi connectivity index (χ1n) is 7.49. The Morgan fingerprint density at radius 1 is 0.760 bits per heavy atom. The molecule has 0 heterocycles. The Morgan fingerprint density at radius 2 is 1.32 bits per heavy atom. The zero-order valence-electron chi connectivity index (χ0n) is 13.1. The molecule has 5 nitrogen and oxygen atoms in total. The summed E-state index contributed by atoms with van der Waals surface area (Å²) in [7, 11) is -3.90. The van der Waals surface area contributed by atoms with E-state index in [1.165, 1.54) is 36.4 Å². The van der Waals surface area contributed by atoms with Gasteiger partial charge in [0.15, 0.2) is 11.6 Å². The second kappa shape index (κ2) is 7.19. The highest BCUT2D eigenvalue weighted by Crippen LogP contribution is 2.14. The van der Waals surface area contributed by atoms with Crippen molar-refractivity contribution in [2.75, 3.05) is 0 Å². The molecule has 25 heavy (non-hydrogen) atoms. The number of amidine groups is 1. The Hall–Kier alpha value is -3.12. The number of carbonyl (C=O) groups excluding carboxylic acids is 1. The van der Waals surface area contributed by atoms with E-state index in [-0.39, 0.29) is 16.5 Å². The SMILES string of the molecule is O=C1C=CC(=N/C(=N\S(=O)(=O)c2ccccc2)c2ccccc2)C=C1. The summed E-state index contributed by atoms with van der Waals surface area (Å²) in [5.41, 5.74) is 1.01. The molecule has 0 saturated carbocycles. The lowest BCUT2D eigenvalue weighted by atomic mass is 10.1. The largest absolute Gasteiger partial charge is 0.290 e. The summed E-state index contributed by atoms with van der Waals surface area (Å²) in [5.74, 6) is -0.0860. The van der Waals surface area contributed by atoms with E-state index >= 15 is 0 Å². The van der Waals surface area contributed by atoms with E-state index in [1.807, 2.05) is 6.07 Å². The number of carbonyl (C=O) groups is 1. The molecule has 0 saturated heterocycles. The van der Waals surface area contributed by atoms with E-state index in [4.69, 9.17) is 0 Å². The Bertz CT molecular complexity index is 985. The van der Waals surface area contributed by atoms with Crippen molar-refractivity contribution in [2.24, 2.45) is 9.39 Å². The number of ketones is 1. The fourth-order valence-corrected chi connectivity index (χ4v) is 3.11. The number of hydrogen-bond donors (Lipinski definition) is 0. The first kappa shape index (κ1) is 16.7. The summed E-state index contributed by atoms with van der Waals surface area (Å²) in [6.07, 6.45) is 5.78. The molecule has 0 aliphatic heterocycles. The van der Waals surface area contributed by atoms with Crippen LogP contribution in [-0.2, 0) is 14.8 Å². The maximum Gasteiger partial charge on any atom is 0.284 e. The van der Waals surface area contributed by atoms with Crippen LogP contribution in [0.25, 0.3) is 0 Å². The van der Waals surface area contributed by atoms with Gasteiger partial charge in [0.1, 0.15) is 0 Å². The first-order chi connectivity index (χ1) is 12.0. The van der Waals surface area contributed by atoms with E-state index in [0.717, 1.165) is 0 Å². The topological polar surface area (TPSA) is 75.9 Å². The molecule has 6 heteroatoms. The van der Waals surface area contributed by atoms with Gasteiger partial charge in [0, 0.05) is 5.56 Å². The van der Waals surface area contributed by atoms with E-state index in [9.17, 15) is 13.2 Å². The second-order valence-corrected chi connectivity index (χ2v) is 6.78. The van der Waals surface area contributed by atoms with Crippen molar-refractivity contribution >= 4 is 27.4 Å². The van der Waals surface area contributed by atoms with Crippen molar-refractivity contribution in [3.63, 3.8) is 0 Å². The van der Waals surface area contributed by atoms with Crippen LogP contribution in [0.2, 0.25) is 0 Å². The van der Waals surface area contributed by atoms with Crippen LogP contribution in [0, 0.1) is 0 Å². The van der Waals surface area contributed by atoms with E-state index in [1.54, 1.807) is 42.5 Å². The lowest BCUT2D eigenvalue weighted by molar-refractivity contribution is -0.110. The molecule has 3 rings (SSSR count). The quantitative estimate of drug-likeness (QED) is 0.485. The van der Waals surface area contributed by atoms with Gasteiger partial charge in [0.2, 0.25) is 0 Å². The third kappa shape index (κ3) is 4.24. The van der Waals surface area contributed by atoms with Gasteiger partial charge in [0.25, 0.3) is 10.0 Å². The minimum atomic E-state index is -3.90. The summed E-state index contributed by atoms with van der Waals surface area (Å²) in [6.45, 7) is 0. The molecular formula is C19H14N2O3S. The molecule has 2 aromatic rings. The van der Waals surface area contributed by atoms with Crippen LogP contribution in [0.1, 0.15) is 5.56 Å². The number of nitrogens with zero attached hydrogens (tertiary/aromatic N) is 2. The minimum absolute atomic E-state index is 0.0584. The van der Waals surface area contributed by atoms with Crippen molar-refractivity contribution in [1.82, 2.24) is 0 Å². The number of rotatable bonds is 3. The summed E-state index contributed by atoms with van der Waals surface area (Å²) in [6, 6.07) is 16.8. The number of sulfonamides is 1. The normalized spacial score (nSPS) is 14.6. The molecule has 2 aromatic carbocycles. The maximum absolute atomic E-state index is 12.6. The second-order valence-electron chi connectivity index (χ2n) is 5.17. The smallest absolute Gasteiger partial charge is 0.284 e. The molecule has 0 radical (unpaired) electrons. The number of allylic oxidation sites excluding steroid dienone is 4. The fourth-order valence-electron chi connectivity index (χ4n) is 2.13. The van der Waals surface area contributed by atoms with Gasteiger partial charge in [-0.2, -0.15) is 8.42 Å². The molecule has 0 aromatic heterocycles. The van der Waals surface area contributed by atoms with Crippen molar-refractivity contribution in [2.45, 2.75) is 4.90 Å². The molecule has 0 spiro atoms. The molecule has 0 atom stereocenters. The Labute approximate surface area is 145 Å². The van der Waals surface area contributed by atoms with Gasteiger partial charge in [-0.15, -0.1) is 4.40 Å². The van der Waals surface area contributed by atoms with Crippen LogP contribution in [0.15, 0.2) is 99.3 Å². The standard InChI is InChI=1S/C19H14N2O3S/c22-17-13-11-16(12-14-17)20-19(15-7-3-1-4-8-15)21-25(23,24)18-9-5-2-6-10-18/h1-14H/b21-19-. The Balaban J connectivity index is 2.09. The highest BCUT2D eigenvalue weighted by atomic mass is 32.2. The Kier molecular flexibility index (Phi) is 4.81. The van der Waals surface area contributed by atoms with Crippen molar-refractivity contribution in [3.05, 3.63) is 90.5 Å². The monoisotopic (exact) mass is 350 g/mol. The maximum atomic E-state index is 12.6. The predicted octanol–water partition coefficient (Wildman–Crippen LogP) is 2.96. The van der Waals surface area contributed by atoms with Gasteiger partial charge >= 0.3 is 0 Å². The van der Waals surface area contributed by atoms with Crippen LogP contribution in [0.3, 0.4) is 0 Å². The van der Waals surface area contributed by atoms with Crippen molar-refractivity contribution in [1.29, 1.82) is 0 Å². The first-order valence-corrected chi connectivity index (χ1v) is 8.93. The van der Waals surface area contributed by atoms with Crippen molar-refractivity contribution in [3.8, 4) is 0 Å². The van der Waals surface area contributed by atoms with Crippen molar-refractivity contribution < 1.29 is 13.2 Å². The molecule has 0 bridgehead atoms. The van der Waals surface area contributed by atoms with E-state index in [2.05, 4.69) is 9.39 Å². The predicted molar refractivity (Wildman–Crippen MR) is 97.3 cm³/mol. The summed E-state index contributed by atoms with van der Waals surface area (Å²) in [4.78, 5) is 15.6. The molecule has 0 N–H and O–H groups in total. The Morgan fingerprint density at radius 3 is 1.92 bits per heavy atom. The lowest BCUT2D eigenvalue weighted by Crippen LogP contribution is -2.08. The van der Waals surface area contributed by atoms with Gasteiger partial charge in [-0.05, 0) is 36.4 Å². The highest BCUT2D eigenvalue weighted by Gasteiger charge is 2.15. The van der Waals surface area contributed by atoms with Gasteiger partial charge < -0.3 is 0 Å². The number of aliphatic imine (C=N–C) groups is 1. The van der Waals surface area contributed by atoms with Gasteiger partial charge in [-0.25, -0.2) is 4.99 Å². The zero-order valence-corrected chi connectivity index (χ0v) is 13.9. The van der Waals surface area contributed by atoms with Crippen LogP contribution in [-0.4, -0.2) is 25.7 Å². The summed E-state index contributed by atoms with van der Waals surface area (Å²) < 4.78 is 29.0. The van der Waals surface area contributed by atoms with Gasteiger partial charge in [-0.1, -0.05) is 48.5 Å². The van der Waals surface area contributed by atoms with Crippen LogP contribution in [0.4, 0.5) is 0 Å². The fraction of sp³-hybridized carbons (Fsp3) is 0. The van der Waals surface area contributed by atoms with Gasteiger partial charge in [-0.3, -0.25) is 4.79 Å². The van der Waals surface area contributed by atoms with Crippen LogP contribution < -0.4 is 0 Å². The third-order valence-electron chi connectivity index (χ3n) is 3.35. The van der Waals surface area contributed by atoms with E-state index in [0.29, 0.717) is 11.3 Å². The molecule has 0 amide bonds. The molecule has 0 fully saturated rings. The third-order valence-corrected chi connectivity index (χ3v) is 4.63. The molecular weight excluding hydrogens is 336 g/mol. The molecule has 0 unspecified atom stereocenters.